The number of thiophene rings is 1. The zero-order valence-electron chi connectivity index (χ0n) is 9.37. The summed E-state index contributed by atoms with van der Waals surface area (Å²) in [5.74, 6) is 0. The van der Waals surface area contributed by atoms with Gasteiger partial charge in [0.2, 0.25) is 0 Å². The zero-order chi connectivity index (χ0) is 13.9. The van der Waals surface area contributed by atoms with Crippen molar-refractivity contribution in [2.24, 2.45) is 0 Å². The van der Waals surface area contributed by atoms with E-state index in [1.54, 1.807) is 6.92 Å². The molecule has 1 heterocycles. The first kappa shape index (κ1) is 16.5. The molecule has 104 valence electrons. The van der Waals surface area contributed by atoms with Crippen LogP contribution in [-0.4, -0.2) is 37.6 Å². The topological polar surface area (TPSA) is 37.4 Å². The van der Waals surface area contributed by atoms with Crippen molar-refractivity contribution >= 4 is 53.2 Å². The fraction of sp³-hybridized carbons (Fsp3) is 0.556. The summed E-state index contributed by atoms with van der Waals surface area (Å²) in [7, 11) is -3.85. The molecule has 0 aliphatic rings. The molecule has 0 aromatic carbocycles. The van der Waals surface area contributed by atoms with Gasteiger partial charge in [-0.25, -0.2) is 17.2 Å². The number of halogens is 4. The molecule has 1 aromatic heterocycles. The summed E-state index contributed by atoms with van der Waals surface area (Å²) in [6.45, 7) is 0.977. The van der Waals surface area contributed by atoms with E-state index in [0.29, 0.717) is 9.12 Å². The standard InChI is InChI=1S/C9H11Br2F2NO2S2/c1-6-4-8(17-9(6)11)18(15,16)14(3-2-10)5-7(12)13/h4,7H,2-3,5H2,1H3. The number of nitrogens with zero attached hydrogens (tertiary/aromatic N) is 1. The molecule has 0 unspecified atom stereocenters. The van der Waals surface area contributed by atoms with Crippen molar-refractivity contribution in [3.8, 4) is 0 Å². The number of rotatable bonds is 6. The largest absolute Gasteiger partial charge is 0.252 e. The smallest absolute Gasteiger partial charge is 0.209 e. The van der Waals surface area contributed by atoms with Crippen LogP contribution in [0.15, 0.2) is 14.1 Å². The summed E-state index contributed by atoms with van der Waals surface area (Å²) in [4.78, 5) is 0. The van der Waals surface area contributed by atoms with Gasteiger partial charge in [-0.05, 0) is 34.5 Å². The first-order chi connectivity index (χ1) is 8.28. The molecule has 0 amide bonds. The zero-order valence-corrected chi connectivity index (χ0v) is 14.2. The molecule has 0 aliphatic heterocycles. The second-order valence-corrected chi connectivity index (χ2v) is 8.79. The van der Waals surface area contributed by atoms with E-state index in [-0.39, 0.29) is 10.8 Å². The van der Waals surface area contributed by atoms with Crippen molar-refractivity contribution in [1.82, 2.24) is 4.31 Å². The molecular formula is C9H11Br2F2NO2S2. The Balaban J connectivity index is 3.08. The molecule has 0 saturated heterocycles. The quantitative estimate of drug-likeness (QED) is 0.653. The second kappa shape index (κ2) is 6.74. The molecule has 0 saturated carbocycles. The highest BCUT2D eigenvalue weighted by Crippen LogP contribution is 2.32. The Morgan fingerprint density at radius 2 is 2.11 bits per heavy atom. The van der Waals surface area contributed by atoms with Crippen LogP contribution in [0.25, 0.3) is 0 Å². The van der Waals surface area contributed by atoms with Gasteiger partial charge in [0.25, 0.3) is 16.4 Å². The van der Waals surface area contributed by atoms with Crippen LogP contribution in [0.1, 0.15) is 5.56 Å². The maximum absolute atomic E-state index is 12.4. The van der Waals surface area contributed by atoms with Gasteiger partial charge in [-0.3, -0.25) is 0 Å². The summed E-state index contributed by atoms with van der Waals surface area (Å²) >= 11 is 7.32. The van der Waals surface area contributed by atoms with Crippen LogP contribution in [-0.2, 0) is 10.0 Å². The average molecular weight is 427 g/mol. The van der Waals surface area contributed by atoms with Gasteiger partial charge in [-0.1, -0.05) is 15.9 Å². The van der Waals surface area contributed by atoms with Crippen molar-refractivity contribution in [1.29, 1.82) is 0 Å². The molecule has 0 radical (unpaired) electrons. The van der Waals surface area contributed by atoms with Crippen LogP contribution in [0.3, 0.4) is 0 Å². The molecule has 3 nitrogen and oxygen atoms in total. The normalized spacial score (nSPS) is 12.6. The Labute approximate surface area is 125 Å². The van der Waals surface area contributed by atoms with Gasteiger partial charge in [0, 0.05) is 11.9 Å². The summed E-state index contributed by atoms with van der Waals surface area (Å²) in [5, 5.41) is 0.310. The molecule has 1 aromatic rings. The minimum atomic E-state index is -3.85. The molecule has 0 atom stereocenters. The molecule has 0 bridgehead atoms. The Bertz CT molecular complexity index is 485. The van der Waals surface area contributed by atoms with Crippen molar-refractivity contribution in [3.05, 3.63) is 15.4 Å². The summed E-state index contributed by atoms with van der Waals surface area (Å²) in [5.41, 5.74) is 0.773. The number of hydrogen-bond donors (Lipinski definition) is 0. The lowest BCUT2D eigenvalue weighted by atomic mass is 10.4. The Morgan fingerprint density at radius 1 is 1.50 bits per heavy atom. The third-order valence-electron chi connectivity index (χ3n) is 2.10. The highest BCUT2D eigenvalue weighted by atomic mass is 79.9. The molecule has 0 N–H and O–H groups in total. The van der Waals surface area contributed by atoms with E-state index in [1.165, 1.54) is 6.07 Å². The lowest BCUT2D eigenvalue weighted by Crippen LogP contribution is -2.36. The van der Waals surface area contributed by atoms with Gasteiger partial charge in [0.15, 0.2) is 0 Å². The van der Waals surface area contributed by atoms with E-state index >= 15 is 0 Å². The molecule has 1 rings (SSSR count). The Morgan fingerprint density at radius 3 is 2.50 bits per heavy atom. The first-order valence-corrected chi connectivity index (χ1v) is 9.06. The number of sulfonamides is 1. The lowest BCUT2D eigenvalue weighted by Gasteiger charge is -2.19. The van der Waals surface area contributed by atoms with Crippen LogP contribution in [0.2, 0.25) is 0 Å². The molecule has 18 heavy (non-hydrogen) atoms. The van der Waals surface area contributed by atoms with Gasteiger partial charge in [0.1, 0.15) is 4.21 Å². The Hall–Kier alpha value is 0.430. The minimum absolute atomic E-state index is 0.0151. The van der Waals surface area contributed by atoms with Gasteiger partial charge >= 0.3 is 0 Å². The van der Waals surface area contributed by atoms with E-state index < -0.39 is 23.0 Å². The van der Waals surface area contributed by atoms with Crippen molar-refractivity contribution in [2.75, 3.05) is 18.4 Å². The molecule has 0 fully saturated rings. The summed E-state index contributed by atoms with van der Waals surface area (Å²) in [6, 6.07) is 1.48. The van der Waals surface area contributed by atoms with Crippen molar-refractivity contribution in [3.63, 3.8) is 0 Å². The van der Waals surface area contributed by atoms with E-state index in [1.807, 2.05) is 0 Å². The van der Waals surface area contributed by atoms with Crippen LogP contribution in [0, 0.1) is 6.92 Å². The van der Waals surface area contributed by atoms with Gasteiger partial charge in [-0.15, -0.1) is 11.3 Å². The summed E-state index contributed by atoms with van der Waals surface area (Å²) in [6.07, 6.45) is -2.69. The van der Waals surface area contributed by atoms with Crippen LogP contribution in [0.5, 0.6) is 0 Å². The molecule has 9 heteroatoms. The maximum Gasteiger partial charge on any atom is 0.252 e. The van der Waals surface area contributed by atoms with Crippen molar-refractivity contribution < 1.29 is 17.2 Å². The SMILES string of the molecule is Cc1cc(S(=O)(=O)N(CCBr)CC(F)F)sc1Br. The lowest BCUT2D eigenvalue weighted by molar-refractivity contribution is 0.121. The number of hydrogen-bond acceptors (Lipinski definition) is 3. The number of aryl methyl sites for hydroxylation is 1. The summed E-state index contributed by atoms with van der Waals surface area (Å²) < 4.78 is 50.8. The third kappa shape index (κ3) is 3.96. The van der Waals surface area contributed by atoms with E-state index in [0.717, 1.165) is 21.2 Å². The van der Waals surface area contributed by atoms with E-state index in [4.69, 9.17) is 0 Å². The van der Waals surface area contributed by atoms with Crippen LogP contribution >= 0.6 is 43.2 Å². The Kier molecular flexibility index (Phi) is 6.17. The van der Waals surface area contributed by atoms with Gasteiger partial charge < -0.3 is 0 Å². The first-order valence-electron chi connectivity index (χ1n) is 4.89. The van der Waals surface area contributed by atoms with Crippen molar-refractivity contribution in [2.45, 2.75) is 17.6 Å². The highest BCUT2D eigenvalue weighted by Gasteiger charge is 2.28. The fourth-order valence-electron chi connectivity index (χ4n) is 1.24. The van der Waals surface area contributed by atoms with Crippen LogP contribution < -0.4 is 0 Å². The highest BCUT2D eigenvalue weighted by molar-refractivity contribution is 9.11. The predicted molar refractivity (Wildman–Crippen MR) is 75.3 cm³/mol. The number of alkyl halides is 3. The predicted octanol–water partition coefficient (Wildman–Crippen LogP) is 3.47. The monoisotopic (exact) mass is 425 g/mol. The molecule has 0 spiro atoms. The average Bonchev–Trinajstić information content (AvgIpc) is 2.59. The molecule has 0 aliphatic carbocycles. The van der Waals surface area contributed by atoms with Gasteiger partial charge in [-0.2, -0.15) is 4.31 Å². The van der Waals surface area contributed by atoms with Gasteiger partial charge in [0.05, 0.1) is 10.3 Å². The second-order valence-electron chi connectivity index (χ2n) is 3.47. The maximum atomic E-state index is 12.4. The molecular weight excluding hydrogens is 416 g/mol. The van der Waals surface area contributed by atoms with Crippen LogP contribution in [0.4, 0.5) is 8.78 Å². The third-order valence-corrected chi connectivity index (χ3v) is 6.91. The van der Waals surface area contributed by atoms with E-state index in [2.05, 4.69) is 31.9 Å². The van der Waals surface area contributed by atoms with E-state index in [9.17, 15) is 17.2 Å². The minimum Gasteiger partial charge on any atom is -0.209 e. The fourth-order valence-corrected chi connectivity index (χ4v) is 5.71.